The third-order valence-electron chi connectivity index (χ3n) is 5.20. The molecule has 1 spiro atoms. The summed E-state index contributed by atoms with van der Waals surface area (Å²) in [6.07, 6.45) is 2.34. The molecule has 2 aliphatic heterocycles. The van der Waals surface area contributed by atoms with Gasteiger partial charge in [-0.2, -0.15) is 9.40 Å². The van der Waals surface area contributed by atoms with Gasteiger partial charge in [0.2, 0.25) is 10.0 Å². The molecule has 0 aliphatic carbocycles. The van der Waals surface area contributed by atoms with Crippen LogP contribution in [0.3, 0.4) is 0 Å². The van der Waals surface area contributed by atoms with E-state index < -0.39 is 10.0 Å². The Hall–Kier alpha value is -0.960. The van der Waals surface area contributed by atoms with Crippen molar-refractivity contribution in [3.05, 3.63) is 11.4 Å². The summed E-state index contributed by atoms with van der Waals surface area (Å²) in [6.45, 7) is 6.85. The Bertz CT molecular complexity index is 677. The van der Waals surface area contributed by atoms with Crippen molar-refractivity contribution in [1.29, 1.82) is 0 Å². The lowest BCUT2D eigenvalue weighted by Crippen LogP contribution is -2.55. The van der Waals surface area contributed by atoms with E-state index in [-0.39, 0.29) is 5.54 Å². The Morgan fingerprint density at radius 2 is 1.87 bits per heavy atom. The van der Waals surface area contributed by atoms with Gasteiger partial charge in [0, 0.05) is 38.9 Å². The van der Waals surface area contributed by atoms with Crippen LogP contribution in [0.25, 0.3) is 0 Å². The van der Waals surface area contributed by atoms with E-state index in [1.54, 1.807) is 23.0 Å². The molecule has 2 aliphatic rings. The van der Waals surface area contributed by atoms with Crippen molar-refractivity contribution in [2.24, 2.45) is 7.05 Å². The van der Waals surface area contributed by atoms with Crippen LogP contribution < -0.4 is 5.32 Å². The molecule has 0 radical (unpaired) electrons. The fourth-order valence-electron chi connectivity index (χ4n) is 3.85. The molecule has 1 aromatic heterocycles. The first-order chi connectivity index (χ1) is 10.9. The third kappa shape index (κ3) is 2.82. The Morgan fingerprint density at radius 1 is 1.17 bits per heavy atom. The smallest absolute Gasteiger partial charge is 0.247 e. The number of ether oxygens (including phenoxy) is 1. The van der Waals surface area contributed by atoms with Crippen LogP contribution in [0.1, 0.15) is 30.7 Å². The molecular weight excluding hydrogens is 316 g/mol. The minimum atomic E-state index is -3.58. The number of aromatic nitrogens is 2. The van der Waals surface area contributed by atoms with Crippen LogP contribution in [0.2, 0.25) is 0 Å². The number of nitrogens with one attached hydrogen (secondary N) is 1. The van der Waals surface area contributed by atoms with Gasteiger partial charge in [-0.15, -0.1) is 0 Å². The maximum atomic E-state index is 13.5. The molecule has 0 bridgehead atoms. The second-order valence-electron chi connectivity index (χ2n) is 6.54. The van der Waals surface area contributed by atoms with Gasteiger partial charge < -0.3 is 10.1 Å². The second kappa shape index (κ2) is 6.16. The molecule has 23 heavy (non-hydrogen) atoms. The second-order valence-corrected chi connectivity index (χ2v) is 8.34. The van der Waals surface area contributed by atoms with E-state index in [1.807, 2.05) is 6.92 Å². The summed E-state index contributed by atoms with van der Waals surface area (Å²) in [5, 5.41) is 7.64. The Labute approximate surface area is 138 Å². The van der Waals surface area contributed by atoms with Crippen molar-refractivity contribution >= 4 is 10.0 Å². The Morgan fingerprint density at radius 3 is 2.48 bits per heavy atom. The van der Waals surface area contributed by atoms with E-state index in [4.69, 9.17) is 4.74 Å². The highest BCUT2D eigenvalue weighted by Gasteiger charge is 2.46. The van der Waals surface area contributed by atoms with Crippen molar-refractivity contribution in [2.75, 3.05) is 32.8 Å². The first-order valence-corrected chi connectivity index (χ1v) is 9.64. The summed E-state index contributed by atoms with van der Waals surface area (Å²) in [6, 6.07) is 0. The normalized spacial score (nSPS) is 23.1. The fraction of sp³-hybridized carbons (Fsp3) is 0.800. The lowest BCUT2D eigenvalue weighted by molar-refractivity contribution is 0.00632. The summed E-state index contributed by atoms with van der Waals surface area (Å²) in [5.74, 6) is 0. The van der Waals surface area contributed by atoms with Gasteiger partial charge >= 0.3 is 0 Å². The van der Waals surface area contributed by atoms with Crippen molar-refractivity contribution in [3.63, 3.8) is 0 Å². The predicted octanol–water partition coefficient (Wildman–Crippen LogP) is 0.570. The first-order valence-electron chi connectivity index (χ1n) is 8.20. The summed E-state index contributed by atoms with van der Waals surface area (Å²) in [4.78, 5) is 0.368. The number of nitrogens with zero attached hydrogens (tertiary/aromatic N) is 3. The fourth-order valence-corrected chi connectivity index (χ4v) is 6.11. The Kier molecular flexibility index (Phi) is 4.52. The van der Waals surface area contributed by atoms with Gasteiger partial charge in [0.1, 0.15) is 4.90 Å². The van der Waals surface area contributed by atoms with Crippen molar-refractivity contribution in [1.82, 2.24) is 19.4 Å². The van der Waals surface area contributed by atoms with Crippen LogP contribution >= 0.6 is 0 Å². The van der Waals surface area contributed by atoms with Crippen molar-refractivity contribution in [3.8, 4) is 0 Å². The van der Waals surface area contributed by atoms with Crippen LogP contribution in [-0.2, 0) is 21.8 Å². The molecule has 3 rings (SSSR count). The number of hydrogen-bond donors (Lipinski definition) is 1. The van der Waals surface area contributed by atoms with Gasteiger partial charge in [-0.05, 0) is 39.7 Å². The summed E-state index contributed by atoms with van der Waals surface area (Å²) in [7, 11) is -1.79. The predicted molar refractivity (Wildman–Crippen MR) is 86.8 cm³/mol. The van der Waals surface area contributed by atoms with Crippen LogP contribution in [0.4, 0.5) is 0 Å². The third-order valence-corrected chi connectivity index (χ3v) is 7.46. The minimum absolute atomic E-state index is 0.338. The maximum Gasteiger partial charge on any atom is 0.247 e. The number of aryl methyl sites for hydroxylation is 2. The van der Waals surface area contributed by atoms with E-state index in [2.05, 4.69) is 10.4 Å². The van der Waals surface area contributed by atoms with Gasteiger partial charge in [-0.3, -0.25) is 4.68 Å². The van der Waals surface area contributed by atoms with Gasteiger partial charge in [-0.25, -0.2) is 8.42 Å². The zero-order valence-corrected chi connectivity index (χ0v) is 14.9. The monoisotopic (exact) mass is 342 g/mol. The van der Waals surface area contributed by atoms with Crippen LogP contribution in [0.5, 0.6) is 0 Å². The Balaban J connectivity index is 2.08. The SMILES string of the molecule is Cc1nn(C)c(C)c1S(=O)(=O)N1CCNCCC12CCOCC2. The van der Waals surface area contributed by atoms with E-state index in [9.17, 15) is 8.42 Å². The van der Waals surface area contributed by atoms with E-state index in [0.29, 0.717) is 42.6 Å². The highest BCUT2D eigenvalue weighted by molar-refractivity contribution is 7.89. The molecule has 130 valence electrons. The molecule has 0 unspecified atom stereocenters. The van der Waals surface area contributed by atoms with Crippen LogP contribution in [-0.4, -0.2) is 60.9 Å². The molecule has 1 aromatic rings. The molecule has 7 nitrogen and oxygen atoms in total. The van der Waals surface area contributed by atoms with E-state index in [1.165, 1.54) is 0 Å². The molecule has 3 heterocycles. The minimum Gasteiger partial charge on any atom is -0.381 e. The quantitative estimate of drug-likeness (QED) is 0.850. The highest BCUT2D eigenvalue weighted by Crippen LogP contribution is 2.37. The van der Waals surface area contributed by atoms with Gasteiger partial charge in [0.25, 0.3) is 0 Å². The molecule has 0 atom stereocenters. The van der Waals surface area contributed by atoms with Gasteiger partial charge in [-0.1, -0.05) is 0 Å². The maximum absolute atomic E-state index is 13.5. The number of sulfonamides is 1. The lowest BCUT2D eigenvalue weighted by Gasteiger charge is -2.44. The standard InChI is InChI=1S/C15H26N4O3S/c1-12-14(13(2)18(3)17-12)23(20,21)19-9-8-16-7-4-15(19)5-10-22-11-6-15/h16H,4-11H2,1-3H3. The summed E-state index contributed by atoms with van der Waals surface area (Å²) in [5.41, 5.74) is 0.932. The molecule has 2 saturated heterocycles. The first kappa shape index (κ1) is 16.9. The van der Waals surface area contributed by atoms with Crippen LogP contribution in [0.15, 0.2) is 4.90 Å². The number of rotatable bonds is 2. The molecule has 2 fully saturated rings. The molecule has 1 N–H and O–H groups in total. The van der Waals surface area contributed by atoms with E-state index in [0.717, 1.165) is 25.8 Å². The summed E-state index contributed by atoms with van der Waals surface area (Å²) < 4.78 is 35.8. The largest absolute Gasteiger partial charge is 0.381 e. The van der Waals surface area contributed by atoms with Crippen molar-refractivity contribution < 1.29 is 13.2 Å². The molecule has 0 saturated carbocycles. The average Bonchev–Trinajstić information content (AvgIpc) is 2.66. The topological polar surface area (TPSA) is 76.5 Å². The lowest BCUT2D eigenvalue weighted by atomic mass is 9.87. The number of hydrogen-bond acceptors (Lipinski definition) is 5. The van der Waals surface area contributed by atoms with Crippen molar-refractivity contribution in [2.45, 2.75) is 43.5 Å². The van der Waals surface area contributed by atoms with Crippen LogP contribution in [0, 0.1) is 13.8 Å². The molecule has 0 aromatic carbocycles. The van der Waals surface area contributed by atoms with E-state index >= 15 is 0 Å². The summed E-state index contributed by atoms with van der Waals surface area (Å²) >= 11 is 0. The molecule has 8 heteroatoms. The molecular formula is C15H26N4O3S. The zero-order chi connectivity index (χ0) is 16.7. The van der Waals surface area contributed by atoms with Gasteiger partial charge in [0.05, 0.1) is 11.4 Å². The average molecular weight is 342 g/mol. The zero-order valence-electron chi connectivity index (χ0n) is 14.1. The molecule has 0 amide bonds. The van der Waals surface area contributed by atoms with Gasteiger partial charge in [0.15, 0.2) is 0 Å². The highest BCUT2D eigenvalue weighted by atomic mass is 32.2.